The third-order valence-electron chi connectivity index (χ3n) is 4.88. The summed E-state index contributed by atoms with van der Waals surface area (Å²) in [6.07, 6.45) is 0.797. The summed E-state index contributed by atoms with van der Waals surface area (Å²) in [5.74, 6) is 3.27. The van der Waals surface area contributed by atoms with E-state index in [0.29, 0.717) is 23.9 Å². The number of hydrogen-bond donors (Lipinski definition) is 0. The standard InChI is InChI=1S/C20H22O6/c1-5-14-12-7-15-16(26-10-25-15)8-13(12)18-11(9-24-14)6-17(21-2)19(22-3)20(18)23-4/h6-8,14H,5,9-10H2,1-4H3/t14-/m1/s1. The van der Waals surface area contributed by atoms with Crippen LogP contribution in [0.4, 0.5) is 0 Å². The lowest BCUT2D eigenvalue weighted by atomic mass is 9.91. The minimum Gasteiger partial charge on any atom is -0.493 e. The molecular formula is C20H22O6. The van der Waals surface area contributed by atoms with Gasteiger partial charge in [0.25, 0.3) is 0 Å². The van der Waals surface area contributed by atoms with E-state index in [4.69, 9.17) is 28.4 Å². The average Bonchev–Trinajstić information content (AvgIpc) is 3.07. The number of hydrogen-bond acceptors (Lipinski definition) is 6. The van der Waals surface area contributed by atoms with Crippen molar-refractivity contribution < 1.29 is 28.4 Å². The molecule has 0 radical (unpaired) electrons. The minimum atomic E-state index is -0.0476. The minimum absolute atomic E-state index is 0.0476. The van der Waals surface area contributed by atoms with E-state index in [-0.39, 0.29) is 12.9 Å². The number of fused-ring (bicyclic) bond motifs is 4. The number of methoxy groups -OCH3 is 3. The second kappa shape index (κ2) is 6.61. The van der Waals surface area contributed by atoms with E-state index in [9.17, 15) is 0 Å². The molecular weight excluding hydrogens is 336 g/mol. The summed E-state index contributed by atoms with van der Waals surface area (Å²) in [5.41, 5.74) is 3.98. The molecule has 2 heterocycles. The first-order chi connectivity index (χ1) is 12.7. The van der Waals surface area contributed by atoms with Crippen LogP contribution in [0.2, 0.25) is 0 Å². The summed E-state index contributed by atoms with van der Waals surface area (Å²) in [6, 6.07) is 5.96. The highest BCUT2D eigenvalue weighted by atomic mass is 16.7. The van der Waals surface area contributed by atoms with E-state index in [2.05, 4.69) is 6.92 Å². The number of rotatable bonds is 4. The van der Waals surface area contributed by atoms with Crippen LogP contribution in [0.5, 0.6) is 28.7 Å². The molecule has 2 aromatic carbocycles. The Kier molecular flexibility index (Phi) is 4.28. The molecule has 2 aromatic rings. The Morgan fingerprint density at radius 3 is 2.35 bits per heavy atom. The Labute approximate surface area is 152 Å². The maximum atomic E-state index is 6.19. The highest BCUT2D eigenvalue weighted by Crippen LogP contribution is 2.52. The van der Waals surface area contributed by atoms with Gasteiger partial charge in [-0.2, -0.15) is 0 Å². The van der Waals surface area contributed by atoms with E-state index < -0.39 is 0 Å². The third kappa shape index (κ3) is 2.44. The zero-order chi connectivity index (χ0) is 18.3. The van der Waals surface area contributed by atoms with Crippen molar-refractivity contribution in [3.63, 3.8) is 0 Å². The Balaban J connectivity index is 2.04. The summed E-state index contributed by atoms with van der Waals surface area (Å²) >= 11 is 0. The Hall–Kier alpha value is -2.60. The molecule has 2 aliphatic heterocycles. The van der Waals surface area contributed by atoms with Crippen LogP contribution >= 0.6 is 0 Å². The van der Waals surface area contributed by atoms with Crippen molar-refractivity contribution in [2.45, 2.75) is 26.1 Å². The topological polar surface area (TPSA) is 55.4 Å². The predicted octanol–water partition coefficient (Wildman–Crippen LogP) is 4.09. The average molecular weight is 358 g/mol. The van der Waals surface area contributed by atoms with E-state index in [1.54, 1.807) is 21.3 Å². The summed E-state index contributed by atoms with van der Waals surface area (Å²) in [6.45, 7) is 2.78. The maximum Gasteiger partial charge on any atom is 0.231 e. The Morgan fingerprint density at radius 2 is 1.69 bits per heavy atom. The molecule has 2 aliphatic rings. The van der Waals surface area contributed by atoms with Gasteiger partial charge in [-0.15, -0.1) is 0 Å². The Bertz CT molecular complexity index is 845. The molecule has 6 heteroatoms. The number of benzene rings is 2. The van der Waals surface area contributed by atoms with Crippen molar-refractivity contribution in [1.82, 2.24) is 0 Å². The van der Waals surface area contributed by atoms with Gasteiger partial charge in [0.2, 0.25) is 12.5 Å². The summed E-state index contributed by atoms with van der Waals surface area (Å²) in [7, 11) is 4.85. The summed E-state index contributed by atoms with van der Waals surface area (Å²) in [4.78, 5) is 0. The van der Waals surface area contributed by atoms with Gasteiger partial charge >= 0.3 is 0 Å². The van der Waals surface area contributed by atoms with Gasteiger partial charge in [0.05, 0.1) is 34.0 Å². The fourth-order valence-corrected chi connectivity index (χ4v) is 3.67. The van der Waals surface area contributed by atoms with Crippen LogP contribution in [-0.4, -0.2) is 28.1 Å². The third-order valence-corrected chi connectivity index (χ3v) is 4.88. The normalized spacial score (nSPS) is 17.2. The molecule has 0 N–H and O–H groups in total. The smallest absolute Gasteiger partial charge is 0.231 e. The van der Waals surface area contributed by atoms with Crippen molar-refractivity contribution in [1.29, 1.82) is 0 Å². The van der Waals surface area contributed by atoms with E-state index in [0.717, 1.165) is 40.2 Å². The van der Waals surface area contributed by atoms with Crippen LogP contribution in [0.25, 0.3) is 11.1 Å². The predicted molar refractivity (Wildman–Crippen MR) is 95.5 cm³/mol. The molecule has 0 bridgehead atoms. The lowest BCUT2D eigenvalue weighted by molar-refractivity contribution is 0.0393. The lowest BCUT2D eigenvalue weighted by Gasteiger charge is -2.19. The molecule has 0 aromatic heterocycles. The summed E-state index contributed by atoms with van der Waals surface area (Å²) in [5, 5.41) is 0. The van der Waals surface area contributed by atoms with Crippen molar-refractivity contribution in [3.05, 3.63) is 29.3 Å². The van der Waals surface area contributed by atoms with Crippen molar-refractivity contribution in [2.24, 2.45) is 0 Å². The maximum absolute atomic E-state index is 6.19. The summed E-state index contributed by atoms with van der Waals surface area (Å²) < 4.78 is 34.2. The van der Waals surface area contributed by atoms with E-state index in [1.165, 1.54) is 0 Å². The van der Waals surface area contributed by atoms with Gasteiger partial charge in [-0.3, -0.25) is 0 Å². The fraction of sp³-hybridized carbons (Fsp3) is 0.400. The van der Waals surface area contributed by atoms with Crippen LogP contribution in [0.1, 0.15) is 30.6 Å². The molecule has 138 valence electrons. The van der Waals surface area contributed by atoms with Crippen LogP contribution in [0.3, 0.4) is 0 Å². The second-order valence-corrected chi connectivity index (χ2v) is 6.18. The van der Waals surface area contributed by atoms with Gasteiger partial charge in [0.15, 0.2) is 23.0 Å². The van der Waals surface area contributed by atoms with Gasteiger partial charge in [0, 0.05) is 5.56 Å². The van der Waals surface area contributed by atoms with Crippen LogP contribution in [-0.2, 0) is 11.3 Å². The molecule has 0 unspecified atom stereocenters. The quantitative estimate of drug-likeness (QED) is 0.821. The van der Waals surface area contributed by atoms with E-state index >= 15 is 0 Å². The van der Waals surface area contributed by atoms with E-state index in [1.807, 2.05) is 18.2 Å². The van der Waals surface area contributed by atoms with Crippen molar-refractivity contribution in [3.8, 4) is 39.9 Å². The number of ether oxygens (including phenoxy) is 6. The first-order valence-electron chi connectivity index (χ1n) is 8.59. The molecule has 1 atom stereocenters. The molecule has 4 rings (SSSR count). The largest absolute Gasteiger partial charge is 0.493 e. The zero-order valence-electron chi connectivity index (χ0n) is 15.4. The van der Waals surface area contributed by atoms with Crippen molar-refractivity contribution in [2.75, 3.05) is 28.1 Å². The van der Waals surface area contributed by atoms with Crippen molar-refractivity contribution >= 4 is 0 Å². The highest BCUT2D eigenvalue weighted by molar-refractivity contribution is 5.84. The molecule has 0 amide bonds. The van der Waals surface area contributed by atoms with Gasteiger partial charge in [-0.25, -0.2) is 0 Å². The van der Waals surface area contributed by atoms with Crippen LogP contribution in [0.15, 0.2) is 18.2 Å². The van der Waals surface area contributed by atoms with Gasteiger partial charge in [0.1, 0.15) is 0 Å². The monoisotopic (exact) mass is 358 g/mol. The fourth-order valence-electron chi connectivity index (χ4n) is 3.67. The second-order valence-electron chi connectivity index (χ2n) is 6.18. The lowest BCUT2D eigenvalue weighted by Crippen LogP contribution is -2.01. The van der Waals surface area contributed by atoms with Crippen LogP contribution in [0, 0.1) is 0 Å². The highest BCUT2D eigenvalue weighted by Gasteiger charge is 2.31. The molecule has 0 saturated heterocycles. The SMILES string of the molecule is CC[C@H]1OCc2cc(OC)c(OC)c(OC)c2-c2cc3c(cc21)OCO3. The Morgan fingerprint density at radius 1 is 0.962 bits per heavy atom. The molecule has 0 aliphatic carbocycles. The molecule has 6 nitrogen and oxygen atoms in total. The molecule has 0 fully saturated rings. The molecule has 0 saturated carbocycles. The first-order valence-corrected chi connectivity index (χ1v) is 8.59. The van der Waals surface area contributed by atoms with Gasteiger partial charge in [-0.1, -0.05) is 6.92 Å². The first kappa shape index (κ1) is 16.8. The zero-order valence-corrected chi connectivity index (χ0v) is 15.4. The molecule has 0 spiro atoms. The van der Waals surface area contributed by atoms with Gasteiger partial charge < -0.3 is 28.4 Å². The van der Waals surface area contributed by atoms with Crippen LogP contribution < -0.4 is 23.7 Å². The van der Waals surface area contributed by atoms with Gasteiger partial charge in [-0.05, 0) is 41.3 Å². The molecule has 26 heavy (non-hydrogen) atoms.